The first kappa shape index (κ1) is 17.2. The molecule has 3 nitrogen and oxygen atoms in total. The van der Waals surface area contributed by atoms with Crippen LogP contribution in [0.1, 0.15) is 25.7 Å². The number of rotatable bonds is 6. The van der Waals surface area contributed by atoms with Crippen LogP contribution in [0, 0.1) is 23.7 Å². The molecule has 0 aromatic heterocycles. The molecule has 0 aromatic rings. The molecule has 4 rings (SSSR count). The molecule has 2 fully saturated rings. The third-order valence-electron chi connectivity index (χ3n) is 7.65. The Balaban J connectivity index is 1.70. The van der Waals surface area contributed by atoms with Gasteiger partial charge in [-0.25, -0.2) is 0 Å². The molecule has 4 aliphatic carbocycles. The molecule has 0 radical (unpaired) electrons. The molecule has 0 aromatic carbocycles. The zero-order valence-electron chi connectivity index (χ0n) is 15.7. The highest BCUT2D eigenvalue weighted by molar-refractivity contribution is 6.73. The van der Waals surface area contributed by atoms with Crippen molar-refractivity contribution in [1.29, 1.82) is 0 Å². The number of hydrogen-bond acceptors (Lipinski definition) is 3. The summed E-state index contributed by atoms with van der Waals surface area (Å²) in [7, 11) is 2.28. The number of hydrogen-bond donors (Lipinski definition) is 0. The van der Waals surface area contributed by atoms with Gasteiger partial charge in [0.25, 0.3) is 0 Å². The normalized spacial score (nSPS) is 43.2. The van der Waals surface area contributed by atoms with Gasteiger partial charge >= 0.3 is 9.28 Å². The van der Waals surface area contributed by atoms with Crippen molar-refractivity contribution >= 4 is 17.6 Å². The maximum atomic E-state index is 6.01. The maximum Gasteiger partial charge on any atom is 0.331 e. The van der Waals surface area contributed by atoms with E-state index >= 15 is 0 Å². The number of allylic oxidation sites excluding steroid dienone is 4. The van der Waals surface area contributed by atoms with E-state index in [4.69, 9.17) is 13.3 Å². The van der Waals surface area contributed by atoms with E-state index in [1.54, 1.807) is 5.57 Å². The summed E-state index contributed by atoms with van der Waals surface area (Å²) >= 11 is 0. The second-order valence-electron chi connectivity index (χ2n) is 8.95. The van der Waals surface area contributed by atoms with Gasteiger partial charge in [-0.15, -0.1) is 0 Å². The van der Waals surface area contributed by atoms with Gasteiger partial charge in [0.1, 0.15) is 0 Å². The average molecular weight is 365 g/mol. The molecule has 0 saturated heterocycles. The van der Waals surface area contributed by atoms with Crippen molar-refractivity contribution in [1.82, 2.24) is 0 Å². The van der Waals surface area contributed by atoms with Crippen molar-refractivity contribution in [3.05, 3.63) is 23.8 Å². The summed E-state index contributed by atoms with van der Waals surface area (Å²) in [6, 6.07) is 0. The summed E-state index contributed by atoms with van der Waals surface area (Å²) in [6.07, 6.45) is 12.8. The van der Waals surface area contributed by atoms with Gasteiger partial charge in [0.2, 0.25) is 0 Å². The summed E-state index contributed by atoms with van der Waals surface area (Å²) in [4.78, 5) is 0. The topological polar surface area (TPSA) is 27.7 Å². The Morgan fingerprint density at radius 3 is 2.33 bits per heavy atom. The van der Waals surface area contributed by atoms with Gasteiger partial charge in [-0.1, -0.05) is 23.8 Å². The van der Waals surface area contributed by atoms with Crippen LogP contribution in [0.2, 0.25) is 23.7 Å². The first-order valence-corrected chi connectivity index (χ1v) is 14.0. The van der Waals surface area contributed by atoms with Crippen LogP contribution in [0.5, 0.6) is 0 Å². The van der Waals surface area contributed by atoms with Crippen molar-refractivity contribution in [3.63, 3.8) is 0 Å². The van der Waals surface area contributed by atoms with Crippen LogP contribution in [-0.2, 0) is 13.3 Å². The third-order valence-corrected chi connectivity index (χ3v) is 13.7. The SMILES string of the molecule is CO[SiH](OC)C12CC(C=C1C1CC3C=CC1C3)C([Si](C)(C)OC)C2. The summed E-state index contributed by atoms with van der Waals surface area (Å²) in [5.41, 5.74) is 2.43. The van der Waals surface area contributed by atoms with E-state index in [0.29, 0.717) is 11.5 Å². The van der Waals surface area contributed by atoms with E-state index < -0.39 is 17.6 Å². The van der Waals surface area contributed by atoms with Crippen LogP contribution in [0.3, 0.4) is 0 Å². The lowest BCUT2D eigenvalue weighted by molar-refractivity contribution is 0.242. The fourth-order valence-corrected chi connectivity index (χ4v) is 11.6. The van der Waals surface area contributed by atoms with Crippen molar-refractivity contribution in [2.24, 2.45) is 23.7 Å². The molecule has 0 spiro atoms. The molecule has 4 aliphatic rings. The van der Waals surface area contributed by atoms with E-state index in [9.17, 15) is 0 Å². The standard InChI is InChI=1S/C19H32O3Si2/c1-20-23(21-2)19-11-15(18(12-19)24(4,5)22-3)10-17(19)16-9-13-6-7-14(16)8-13/h6-7,10,13-16,18,23H,8-9,11-12H2,1-5H3. The molecule has 0 amide bonds. The summed E-state index contributed by atoms with van der Waals surface area (Å²) in [5, 5.41) is 0.213. The second-order valence-corrected chi connectivity index (χ2v) is 16.0. The Bertz CT molecular complexity index is 569. The molecule has 0 N–H and O–H groups in total. The fourth-order valence-electron chi connectivity index (χ4n) is 6.42. The van der Waals surface area contributed by atoms with Gasteiger partial charge in [0.15, 0.2) is 8.32 Å². The maximum absolute atomic E-state index is 6.01. The lowest BCUT2D eigenvalue weighted by Crippen LogP contribution is -2.42. The van der Waals surface area contributed by atoms with E-state index in [-0.39, 0.29) is 5.04 Å². The Morgan fingerprint density at radius 2 is 1.79 bits per heavy atom. The first-order valence-electron chi connectivity index (χ1n) is 9.46. The molecule has 134 valence electrons. The molecule has 24 heavy (non-hydrogen) atoms. The zero-order chi connectivity index (χ0) is 17.1. The zero-order valence-corrected chi connectivity index (χ0v) is 17.9. The quantitative estimate of drug-likeness (QED) is 0.526. The Labute approximate surface area is 149 Å². The Hall–Kier alpha value is -0.206. The van der Waals surface area contributed by atoms with Crippen LogP contribution >= 0.6 is 0 Å². The van der Waals surface area contributed by atoms with Gasteiger partial charge in [0, 0.05) is 26.4 Å². The molecule has 2 saturated carbocycles. The summed E-state index contributed by atoms with van der Waals surface area (Å²) < 4.78 is 18.0. The summed E-state index contributed by atoms with van der Waals surface area (Å²) in [5.74, 6) is 3.03. The number of fused-ring (bicyclic) bond motifs is 4. The molecule has 6 atom stereocenters. The van der Waals surface area contributed by atoms with Gasteiger partial charge < -0.3 is 13.3 Å². The van der Waals surface area contributed by atoms with Gasteiger partial charge in [-0.2, -0.15) is 0 Å². The monoisotopic (exact) mass is 364 g/mol. The van der Waals surface area contributed by atoms with E-state index in [1.165, 1.54) is 25.7 Å². The Morgan fingerprint density at radius 1 is 1.04 bits per heavy atom. The molecular formula is C19H32O3Si2. The Kier molecular flexibility index (Phi) is 4.24. The minimum atomic E-state index is -1.72. The smallest absolute Gasteiger partial charge is 0.331 e. The van der Waals surface area contributed by atoms with Crippen LogP contribution in [-0.4, -0.2) is 38.9 Å². The molecule has 4 bridgehead atoms. The molecule has 6 unspecified atom stereocenters. The minimum Gasteiger partial charge on any atom is -0.420 e. The molecule has 5 heteroatoms. The van der Waals surface area contributed by atoms with Gasteiger partial charge in [0.05, 0.1) is 0 Å². The lowest BCUT2D eigenvalue weighted by Gasteiger charge is -2.42. The van der Waals surface area contributed by atoms with E-state index in [2.05, 4.69) is 31.3 Å². The van der Waals surface area contributed by atoms with Crippen molar-refractivity contribution < 1.29 is 13.3 Å². The second kappa shape index (κ2) is 5.91. The lowest BCUT2D eigenvalue weighted by atomic mass is 9.79. The van der Waals surface area contributed by atoms with E-state index in [1.807, 2.05) is 21.3 Å². The van der Waals surface area contributed by atoms with Crippen LogP contribution < -0.4 is 0 Å². The van der Waals surface area contributed by atoms with Gasteiger partial charge in [-0.3, -0.25) is 0 Å². The molecule has 0 aliphatic heterocycles. The van der Waals surface area contributed by atoms with Gasteiger partial charge in [-0.05, 0) is 68.0 Å². The highest BCUT2D eigenvalue weighted by atomic mass is 28.4. The minimum absolute atomic E-state index is 0.213. The van der Waals surface area contributed by atoms with Crippen LogP contribution in [0.25, 0.3) is 0 Å². The first-order chi connectivity index (χ1) is 11.4. The predicted molar refractivity (Wildman–Crippen MR) is 102 cm³/mol. The highest BCUT2D eigenvalue weighted by Gasteiger charge is 2.63. The van der Waals surface area contributed by atoms with Crippen molar-refractivity contribution in [3.8, 4) is 0 Å². The van der Waals surface area contributed by atoms with Crippen molar-refractivity contribution in [2.45, 2.75) is 49.4 Å². The van der Waals surface area contributed by atoms with Crippen LogP contribution in [0.15, 0.2) is 23.8 Å². The molecular weight excluding hydrogens is 332 g/mol. The van der Waals surface area contributed by atoms with E-state index in [0.717, 1.165) is 17.8 Å². The summed E-state index contributed by atoms with van der Waals surface area (Å²) in [6.45, 7) is 4.77. The largest absolute Gasteiger partial charge is 0.420 e. The predicted octanol–water partition coefficient (Wildman–Crippen LogP) is 4.02. The highest BCUT2D eigenvalue weighted by Crippen LogP contribution is 2.71. The third kappa shape index (κ3) is 2.32. The van der Waals surface area contributed by atoms with Crippen molar-refractivity contribution in [2.75, 3.05) is 21.3 Å². The molecule has 0 heterocycles. The fraction of sp³-hybridized carbons (Fsp3) is 0.789. The average Bonchev–Trinajstić information content (AvgIpc) is 3.33. The van der Waals surface area contributed by atoms with Crippen LogP contribution in [0.4, 0.5) is 0 Å².